The SMILES string of the molecule is CC(C)CC(F)C(=O)OCCCCCCCCCCCCSc1nccc(=O)n1C(C)C. The minimum Gasteiger partial charge on any atom is -0.464 e. The standard InChI is InChI=1S/C25H43FN2O3S/c1-20(2)19-22(26)24(30)31-17-13-11-9-7-5-6-8-10-12-14-18-32-25-27-16-15-23(29)28(25)21(3)4/h15-16,20-22H,5-14,17-19H2,1-4H3. The molecule has 1 aromatic rings. The van der Waals surface area contributed by atoms with Gasteiger partial charge in [0.25, 0.3) is 5.56 Å². The van der Waals surface area contributed by atoms with Crippen molar-refractivity contribution in [2.24, 2.45) is 5.92 Å². The molecule has 1 unspecified atom stereocenters. The number of nitrogens with zero attached hydrogens (tertiary/aromatic N) is 2. The molecule has 1 atom stereocenters. The van der Waals surface area contributed by atoms with Crippen molar-refractivity contribution in [1.82, 2.24) is 9.55 Å². The Labute approximate surface area is 197 Å². The molecule has 0 aliphatic rings. The molecular formula is C25H43FN2O3S. The first-order valence-electron chi connectivity index (χ1n) is 12.3. The van der Waals surface area contributed by atoms with Gasteiger partial charge < -0.3 is 4.74 Å². The highest BCUT2D eigenvalue weighted by Gasteiger charge is 2.19. The number of aromatic nitrogens is 2. The summed E-state index contributed by atoms with van der Waals surface area (Å²) in [5.74, 6) is 0.452. The van der Waals surface area contributed by atoms with Crippen molar-refractivity contribution in [2.45, 2.75) is 116 Å². The maximum Gasteiger partial charge on any atom is 0.340 e. The average Bonchev–Trinajstić information content (AvgIpc) is 2.73. The number of unbranched alkanes of at least 4 members (excludes halogenated alkanes) is 9. The average molecular weight is 471 g/mol. The lowest BCUT2D eigenvalue weighted by atomic mass is 10.1. The Morgan fingerprint density at radius 1 is 1.00 bits per heavy atom. The van der Waals surface area contributed by atoms with E-state index in [9.17, 15) is 14.0 Å². The van der Waals surface area contributed by atoms with Crippen LogP contribution in [-0.4, -0.2) is 34.1 Å². The van der Waals surface area contributed by atoms with Gasteiger partial charge in [0.05, 0.1) is 6.61 Å². The first-order chi connectivity index (χ1) is 15.3. The molecule has 0 aromatic carbocycles. The fourth-order valence-electron chi connectivity index (χ4n) is 3.54. The monoisotopic (exact) mass is 470 g/mol. The highest BCUT2D eigenvalue weighted by atomic mass is 32.2. The highest BCUT2D eigenvalue weighted by molar-refractivity contribution is 7.99. The summed E-state index contributed by atoms with van der Waals surface area (Å²) in [7, 11) is 0. The van der Waals surface area contributed by atoms with Crippen LogP contribution in [0.4, 0.5) is 4.39 Å². The van der Waals surface area contributed by atoms with E-state index in [0.29, 0.717) is 6.61 Å². The van der Waals surface area contributed by atoms with E-state index in [1.807, 2.05) is 27.7 Å². The van der Waals surface area contributed by atoms with Gasteiger partial charge in [-0.3, -0.25) is 9.36 Å². The zero-order valence-corrected chi connectivity index (χ0v) is 21.3. The van der Waals surface area contributed by atoms with Crippen molar-refractivity contribution in [3.05, 3.63) is 22.6 Å². The maximum atomic E-state index is 13.5. The van der Waals surface area contributed by atoms with Crippen molar-refractivity contribution < 1.29 is 13.9 Å². The molecule has 0 amide bonds. The van der Waals surface area contributed by atoms with Crippen LogP contribution in [-0.2, 0) is 9.53 Å². The molecule has 0 saturated heterocycles. The van der Waals surface area contributed by atoms with Crippen molar-refractivity contribution in [1.29, 1.82) is 0 Å². The quantitative estimate of drug-likeness (QED) is 0.103. The number of hydrogen-bond acceptors (Lipinski definition) is 5. The van der Waals surface area contributed by atoms with Crippen LogP contribution >= 0.6 is 11.8 Å². The number of hydrogen-bond donors (Lipinski definition) is 0. The first kappa shape index (κ1) is 28.7. The zero-order valence-electron chi connectivity index (χ0n) is 20.5. The van der Waals surface area contributed by atoms with Crippen LogP contribution in [0.5, 0.6) is 0 Å². The second kappa shape index (κ2) is 17.2. The highest BCUT2D eigenvalue weighted by Crippen LogP contribution is 2.19. The van der Waals surface area contributed by atoms with Gasteiger partial charge in [-0.1, -0.05) is 77.0 Å². The zero-order chi connectivity index (χ0) is 23.8. The van der Waals surface area contributed by atoms with E-state index in [1.165, 1.54) is 44.6 Å². The van der Waals surface area contributed by atoms with Gasteiger partial charge in [0.1, 0.15) is 0 Å². The lowest BCUT2D eigenvalue weighted by molar-refractivity contribution is -0.150. The topological polar surface area (TPSA) is 61.2 Å². The Balaban J connectivity index is 1.93. The number of alkyl halides is 1. The Bertz CT molecular complexity index is 694. The molecule has 0 fully saturated rings. The van der Waals surface area contributed by atoms with Crippen LogP contribution in [0.15, 0.2) is 22.2 Å². The van der Waals surface area contributed by atoms with Crippen LogP contribution in [0.25, 0.3) is 0 Å². The summed E-state index contributed by atoms with van der Waals surface area (Å²) >= 11 is 1.68. The van der Waals surface area contributed by atoms with Gasteiger partial charge in [0, 0.05) is 24.1 Å². The van der Waals surface area contributed by atoms with Crippen molar-refractivity contribution >= 4 is 17.7 Å². The van der Waals surface area contributed by atoms with Crippen LogP contribution in [0.1, 0.15) is 104 Å². The minimum atomic E-state index is -1.48. The van der Waals surface area contributed by atoms with Crippen LogP contribution in [0.3, 0.4) is 0 Å². The summed E-state index contributed by atoms with van der Waals surface area (Å²) in [6, 6.07) is 1.65. The molecule has 0 spiro atoms. The number of rotatable bonds is 18. The smallest absolute Gasteiger partial charge is 0.340 e. The Hall–Kier alpha value is -1.37. The van der Waals surface area contributed by atoms with E-state index in [0.717, 1.165) is 36.6 Å². The van der Waals surface area contributed by atoms with Gasteiger partial charge in [-0.25, -0.2) is 14.2 Å². The first-order valence-corrected chi connectivity index (χ1v) is 13.3. The van der Waals surface area contributed by atoms with Gasteiger partial charge in [0.2, 0.25) is 0 Å². The lowest BCUT2D eigenvalue weighted by Crippen LogP contribution is -2.23. The molecule has 0 bridgehead atoms. The molecule has 184 valence electrons. The summed E-state index contributed by atoms with van der Waals surface area (Å²) in [5.41, 5.74) is 0.0218. The molecule has 1 aromatic heterocycles. The normalized spacial score (nSPS) is 12.5. The number of halogens is 1. The van der Waals surface area contributed by atoms with E-state index in [4.69, 9.17) is 4.74 Å². The molecule has 7 heteroatoms. The fraction of sp³-hybridized carbons (Fsp3) is 0.800. The Morgan fingerprint density at radius 2 is 1.56 bits per heavy atom. The minimum absolute atomic E-state index is 0.0218. The predicted octanol–water partition coefficient (Wildman–Crippen LogP) is 6.74. The van der Waals surface area contributed by atoms with Crippen LogP contribution in [0, 0.1) is 5.92 Å². The number of ether oxygens (including phenoxy) is 1. The summed E-state index contributed by atoms with van der Waals surface area (Å²) < 4.78 is 20.3. The second-order valence-electron chi connectivity index (χ2n) is 9.18. The number of carbonyl (C=O) groups excluding carboxylic acids is 1. The third-order valence-corrected chi connectivity index (χ3v) is 6.36. The molecule has 0 saturated carbocycles. The van der Waals surface area contributed by atoms with Crippen LogP contribution in [0.2, 0.25) is 0 Å². The molecule has 0 aliphatic heterocycles. The number of carbonyl (C=O) groups is 1. The largest absolute Gasteiger partial charge is 0.464 e. The molecular weight excluding hydrogens is 427 g/mol. The van der Waals surface area contributed by atoms with E-state index in [1.54, 1.807) is 22.5 Å². The van der Waals surface area contributed by atoms with Crippen molar-refractivity contribution in [3.8, 4) is 0 Å². The maximum absolute atomic E-state index is 13.5. The summed E-state index contributed by atoms with van der Waals surface area (Å²) in [6.07, 6.45) is 11.9. The number of thioether (sulfide) groups is 1. The van der Waals surface area contributed by atoms with Crippen molar-refractivity contribution in [2.75, 3.05) is 12.4 Å². The van der Waals surface area contributed by atoms with E-state index in [2.05, 4.69) is 4.98 Å². The van der Waals surface area contributed by atoms with Gasteiger partial charge >= 0.3 is 5.97 Å². The number of esters is 1. The van der Waals surface area contributed by atoms with Gasteiger partial charge in [-0.2, -0.15) is 0 Å². The third-order valence-electron chi connectivity index (χ3n) is 5.31. The summed E-state index contributed by atoms with van der Waals surface area (Å²) in [5, 5.41) is 0.822. The van der Waals surface area contributed by atoms with Gasteiger partial charge in [-0.05, 0) is 39.0 Å². The van der Waals surface area contributed by atoms with E-state index >= 15 is 0 Å². The molecule has 32 heavy (non-hydrogen) atoms. The molecule has 1 rings (SSSR count). The molecule has 0 radical (unpaired) electrons. The molecule has 5 nitrogen and oxygen atoms in total. The van der Waals surface area contributed by atoms with Crippen LogP contribution < -0.4 is 5.56 Å². The lowest BCUT2D eigenvalue weighted by Gasteiger charge is -2.13. The molecule has 0 N–H and O–H groups in total. The fourth-order valence-corrected chi connectivity index (χ4v) is 4.65. The molecule has 1 heterocycles. The van der Waals surface area contributed by atoms with Gasteiger partial charge in [0.15, 0.2) is 11.3 Å². The third kappa shape index (κ3) is 12.6. The predicted molar refractivity (Wildman–Crippen MR) is 131 cm³/mol. The van der Waals surface area contributed by atoms with E-state index < -0.39 is 12.1 Å². The van der Waals surface area contributed by atoms with Crippen molar-refractivity contribution in [3.63, 3.8) is 0 Å². The van der Waals surface area contributed by atoms with E-state index in [-0.39, 0.29) is 23.9 Å². The second-order valence-corrected chi connectivity index (χ2v) is 10.2. The molecule has 0 aliphatic carbocycles. The summed E-state index contributed by atoms with van der Waals surface area (Å²) in [6.45, 7) is 8.15. The Kier molecular flexibility index (Phi) is 15.4. The Morgan fingerprint density at radius 3 is 2.12 bits per heavy atom. The summed E-state index contributed by atoms with van der Waals surface area (Å²) in [4.78, 5) is 27.8. The van der Waals surface area contributed by atoms with Gasteiger partial charge in [-0.15, -0.1) is 0 Å².